The summed E-state index contributed by atoms with van der Waals surface area (Å²) in [4.78, 5) is 12.5. The Kier molecular flexibility index (Phi) is 6.18. The van der Waals surface area contributed by atoms with E-state index in [9.17, 15) is 9.18 Å². The molecule has 2 aromatic rings. The molecule has 1 amide bonds. The zero-order chi connectivity index (χ0) is 18.6. The van der Waals surface area contributed by atoms with Crippen molar-refractivity contribution in [1.82, 2.24) is 5.32 Å². The molecule has 0 heterocycles. The highest BCUT2D eigenvalue weighted by Crippen LogP contribution is 2.28. The van der Waals surface area contributed by atoms with Gasteiger partial charge < -0.3 is 10.1 Å². The third kappa shape index (κ3) is 5.05. The number of hydrogen-bond acceptors (Lipinski definition) is 2. The van der Waals surface area contributed by atoms with Crippen LogP contribution in [0.2, 0.25) is 0 Å². The first-order valence-electron chi connectivity index (χ1n) is 8.61. The van der Waals surface area contributed by atoms with Crippen molar-refractivity contribution < 1.29 is 13.9 Å². The minimum atomic E-state index is -0.623. The number of hydrogen-bond donors (Lipinski definition) is 1. The third-order valence-corrected chi connectivity index (χ3v) is 4.19. The topological polar surface area (TPSA) is 38.3 Å². The van der Waals surface area contributed by atoms with E-state index in [2.05, 4.69) is 19.2 Å². The summed E-state index contributed by atoms with van der Waals surface area (Å²) in [7, 11) is 0. The van der Waals surface area contributed by atoms with E-state index in [0.717, 1.165) is 22.4 Å². The second-order valence-electron chi connectivity index (χ2n) is 6.74. The molecule has 0 aliphatic heterocycles. The standard InChI is InChI=1S/C21H26FNO2/c1-13(2)19-11-6-14(3)12-20(19)25-16(5)21(24)23-15(4)17-7-9-18(22)10-8-17/h6-13,15-16H,1-5H3,(H,23,24)/t15-,16+/m1/s1. The van der Waals surface area contributed by atoms with Gasteiger partial charge >= 0.3 is 0 Å². The van der Waals surface area contributed by atoms with Crippen molar-refractivity contribution in [3.8, 4) is 5.75 Å². The molecule has 0 unspecified atom stereocenters. The molecule has 25 heavy (non-hydrogen) atoms. The molecule has 0 saturated carbocycles. The molecule has 0 bridgehead atoms. The zero-order valence-electron chi connectivity index (χ0n) is 15.5. The molecule has 0 aliphatic carbocycles. The molecule has 0 saturated heterocycles. The highest BCUT2D eigenvalue weighted by atomic mass is 19.1. The quantitative estimate of drug-likeness (QED) is 0.810. The molecule has 0 fully saturated rings. The van der Waals surface area contributed by atoms with E-state index >= 15 is 0 Å². The highest BCUT2D eigenvalue weighted by molar-refractivity contribution is 5.81. The summed E-state index contributed by atoms with van der Waals surface area (Å²) >= 11 is 0. The molecule has 2 aromatic carbocycles. The third-order valence-electron chi connectivity index (χ3n) is 4.19. The Hall–Kier alpha value is -2.36. The number of amides is 1. The van der Waals surface area contributed by atoms with E-state index in [0.29, 0.717) is 5.92 Å². The summed E-state index contributed by atoms with van der Waals surface area (Å²) in [5.74, 6) is 0.559. The first-order chi connectivity index (χ1) is 11.8. The molecule has 134 valence electrons. The van der Waals surface area contributed by atoms with Crippen molar-refractivity contribution in [2.45, 2.75) is 52.7 Å². The van der Waals surface area contributed by atoms with Crippen molar-refractivity contribution in [3.63, 3.8) is 0 Å². The van der Waals surface area contributed by atoms with Crippen molar-refractivity contribution in [1.29, 1.82) is 0 Å². The van der Waals surface area contributed by atoms with E-state index in [4.69, 9.17) is 4.74 Å². The van der Waals surface area contributed by atoms with Crippen molar-refractivity contribution in [3.05, 3.63) is 65.0 Å². The molecular formula is C21H26FNO2. The first kappa shape index (κ1) is 19.0. The van der Waals surface area contributed by atoms with Crippen LogP contribution in [0.4, 0.5) is 4.39 Å². The van der Waals surface area contributed by atoms with E-state index in [1.54, 1.807) is 19.1 Å². The Bertz CT molecular complexity index is 725. The summed E-state index contributed by atoms with van der Waals surface area (Å²) in [5, 5.41) is 2.91. The van der Waals surface area contributed by atoms with Crippen molar-refractivity contribution in [2.24, 2.45) is 0 Å². The van der Waals surface area contributed by atoms with Gasteiger partial charge in [-0.05, 0) is 61.6 Å². The Morgan fingerprint density at radius 3 is 2.28 bits per heavy atom. The zero-order valence-corrected chi connectivity index (χ0v) is 15.5. The second kappa shape index (κ2) is 8.15. The molecule has 3 nitrogen and oxygen atoms in total. The summed E-state index contributed by atoms with van der Waals surface area (Å²) in [5.41, 5.74) is 3.02. The van der Waals surface area contributed by atoms with Gasteiger partial charge in [0.1, 0.15) is 11.6 Å². The molecule has 2 atom stereocenters. The maximum atomic E-state index is 13.0. The normalized spacial score (nSPS) is 13.4. The Labute approximate surface area is 149 Å². The summed E-state index contributed by atoms with van der Waals surface area (Å²) in [6, 6.07) is 11.9. The van der Waals surface area contributed by atoms with Crippen LogP contribution in [0.5, 0.6) is 5.75 Å². The van der Waals surface area contributed by atoms with Gasteiger partial charge in [-0.25, -0.2) is 4.39 Å². The van der Waals surface area contributed by atoms with Gasteiger partial charge in [-0.1, -0.05) is 38.1 Å². The largest absolute Gasteiger partial charge is 0.481 e. The fourth-order valence-corrected chi connectivity index (χ4v) is 2.63. The average molecular weight is 343 g/mol. The van der Waals surface area contributed by atoms with Gasteiger partial charge in [0.05, 0.1) is 6.04 Å². The number of benzene rings is 2. The Balaban J connectivity index is 2.05. The summed E-state index contributed by atoms with van der Waals surface area (Å²) < 4.78 is 18.9. The number of aryl methyl sites for hydroxylation is 1. The average Bonchev–Trinajstić information content (AvgIpc) is 2.55. The van der Waals surface area contributed by atoms with Gasteiger partial charge in [0.25, 0.3) is 5.91 Å². The minimum absolute atomic E-state index is 0.201. The van der Waals surface area contributed by atoms with Crippen LogP contribution in [0.3, 0.4) is 0 Å². The molecule has 4 heteroatoms. The fraction of sp³-hybridized carbons (Fsp3) is 0.381. The lowest BCUT2D eigenvalue weighted by Gasteiger charge is -2.21. The predicted molar refractivity (Wildman–Crippen MR) is 98.3 cm³/mol. The van der Waals surface area contributed by atoms with Crippen LogP contribution in [-0.4, -0.2) is 12.0 Å². The number of halogens is 1. The van der Waals surface area contributed by atoms with E-state index in [1.165, 1.54) is 12.1 Å². The number of nitrogens with one attached hydrogen (secondary N) is 1. The van der Waals surface area contributed by atoms with Crippen LogP contribution >= 0.6 is 0 Å². The van der Waals surface area contributed by atoms with Gasteiger partial charge in [0, 0.05) is 0 Å². The highest BCUT2D eigenvalue weighted by Gasteiger charge is 2.19. The van der Waals surface area contributed by atoms with Gasteiger partial charge in [-0.3, -0.25) is 4.79 Å². The van der Waals surface area contributed by atoms with Gasteiger partial charge in [-0.15, -0.1) is 0 Å². The van der Waals surface area contributed by atoms with Crippen LogP contribution in [0.1, 0.15) is 56.3 Å². The van der Waals surface area contributed by atoms with Crippen LogP contribution in [0, 0.1) is 12.7 Å². The van der Waals surface area contributed by atoms with Gasteiger partial charge in [-0.2, -0.15) is 0 Å². The predicted octanol–water partition coefficient (Wildman–Crippen LogP) is 4.90. The maximum Gasteiger partial charge on any atom is 0.261 e. The Morgan fingerprint density at radius 2 is 1.68 bits per heavy atom. The van der Waals surface area contributed by atoms with E-state index in [1.807, 2.05) is 32.0 Å². The fourth-order valence-electron chi connectivity index (χ4n) is 2.63. The smallest absolute Gasteiger partial charge is 0.261 e. The van der Waals surface area contributed by atoms with Crippen molar-refractivity contribution in [2.75, 3.05) is 0 Å². The second-order valence-corrected chi connectivity index (χ2v) is 6.74. The lowest BCUT2D eigenvalue weighted by atomic mass is 10.0. The molecule has 0 aliphatic rings. The van der Waals surface area contributed by atoms with E-state index in [-0.39, 0.29) is 17.8 Å². The molecule has 0 radical (unpaired) electrons. The van der Waals surface area contributed by atoms with Crippen LogP contribution in [0.15, 0.2) is 42.5 Å². The van der Waals surface area contributed by atoms with Crippen LogP contribution in [0.25, 0.3) is 0 Å². The number of carbonyl (C=O) groups is 1. The number of ether oxygens (including phenoxy) is 1. The summed E-state index contributed by atoms with van der Waals surface area (Å²) in [6.45, 7) is 9.79. The minimum Gasteiger partial charge on any atom is -0.481 e. The van der Waals surface area contributed by atoms with Crippen LogP contribution < -0.4 is 10.1 Å². The van der Waals surface area contributed by atoms with Crippen LogP contribution in [-0.2, 0) is 4.79 Å². The lowest BCUT2D eigenvalue weighted by Crippen LogP contribution is -2.38. The van der Waals surface area contributed by atoms with Gasteiger partial charge in [0.2, 0.25) is 0 Å². The molecule has 0 aromatic heterocycles. The maximum absolute atomic E-state index is 13.0. The van der Waals surface area contributed by atoms with E-state index < -0.39 is 6.10 Å². The summed E-state index contributed by atoms with van der Waals surface area (Å²) in [6.07, 6.45) is -0.623. The molecular weight excluding hydrogens is 317 g/mol. The number of carbonyl (C=O) groups excluding carboxylic acids is 1. The monoisotopic (exact) mass is 343 g/mol. The number of rotatable bonds is 6. The molecule has 2 rings (SSSR count). The van der Waals surface area contributed by atoms with Gasteiger partial charge in [0.15, 0.2) is 6.10 Å². The molecule has 1 N–H and O–H groups in total. The van der Waals surface area contributed by atoms with Crippen molar-refractivity contribution >= 4 is 5.91 Å². The lowest BCUT2D eigenvalue weighted by molar-refractivity contribution is -0.127. The Morgan fingerprint density at radius 1 is 1.04 bits per heavy atom. The molecule has 0 spiro atoms. The first-order valence-corrected chi connectivity index (χ1v) is 8.61. The SMILES string of the molecule is Cc1ccc(C(C)C)c(O[C@@H](C)C(=O)N[C@H](C)c2ccc(F)cc2)c1.